The van der Waals surface area contributed by atoms with Crippen LogP contribution in [0.3, 0.4) is 0 Å². The van der Waals surface area contributed by atoms with Gasteiger partial charge in [-0.25, -0.2) is 9.78 Å². The van der Waals surface area contributed by atoms with Crippen LogP contribution >= 0.6 is 0 Å². The van der Waals surface area contributed by atoms with Crippen molar-refractivity contribution >= 4 is 5.97 Å². The predicted molar refractivity (Wildman–Crippen MR) is 141 cm³/mol. The number of hydrogen-bond acceptors (Lipinski definition) is 4. The summed E-state index contributed by atoms with van der Waals surface area (Å²) in [6.07, 6.45) is 10.9. The van der Waals surface area contributed by atoms with E-state index >= 15 is 0 Å². The fourth-order valence-electron chi connectivity index (χ4n) is 11.6. The van der Waals surface area contributed by atoms with Crippen LogP contribution in [0.1, 0.15) is 107 Å². The molecule has 6 aliphatic rings. The molecule has 1 heterocycles. The fraction of sp³-hybridized carbons (Fsp3) is 0.906. The number of rotatable bonds is 1. The highest BCUT2D eigenvalue weighted by atomic mass is 17.2. The van der Waals surface area contributed by atoms with Gasteiger partial charge in [-0.15, -0.1) is 0 Å². The van der Waals surface area contributed by atoms with Gasteiger partial charge in [-0.3, -0.25) is 4.79 Å². The summed E-state index contributed by atoms with van der Waals surface area (Å²) in [5.74, 6) is 2.77. The minimum atomic E-state index is -0.189. The van der Waals surface area contributed by atoms with Crippen molar-refractivity contribution in [3.63, 3.8) is 0 Å². The molecule has 4 saturated carbocycles. The molecule has 0 aromatic carbocycles. The van der Waals surface area contributed by atoms with Gasteiger partial charge in [-0.1, -0.05) is 67.0 Å². The first-order valence-corrected chi connectivity index (χ1v) is 14.9. The Morgan fingerprint density at radius 2 is 1.69 bits per heavy atom. The number of carbonyl (C=O) groups excluding carboxylic acids is 1. The normalized spacial score (nSPS) is 57.0. The number of allylic oxidation sites excluding steroid dienone is 1. The quantitative estimate of drug-likeness (QED) is 0.213. The highest BCUT2D eigenvalue weighted by molar-refractivity contribution is 5.66. The van der Waals surface area contributed by atoms with Crippen molar-refractivity contribution in [2.45, 2.75) is 126 Å². The summed E-state index contributed by atoms with van der Waals surface area (Å²) in [6, 6.07) is 0. The Labute approximate surface area is 219 Å². The molecule has 0 unspecified atom stereocenters. The summed E-state index contributed by atoms with van der Waals surface area (Å²) in [4.78, 5) is 24.8. The maximum atomic E-state index is 12.0. The van der Waals surface area contributed by atoms with Crippen LogP contribution in [0.15, 0.2) is 11.6 Å². The second-order valence-electron chi connectivity index (χ2n) is 15.6. The van der Waals surface area contributed by atoms with Gasteiger partial charge in [0.25, 0.3) is 0 Å². The maximum absolute atomic E-state index is 12.0. The minimum absolute atomic E-state index is 0.00662. The van der Waals surface area contributed by atoms with Crippen molar-refractivity contribution in [1.29, 1.82) is 0 Å². The molecular formula is C32H50O4. The Balaban J connectivity index is 1.47. The summed E-state index contributed by atoms with van der Waals surface area (Å²) in [7, 11) is 0. The predicted octanol–water partition coefficient (Wildman–Crippen LogP) is 7.51. The smallest absolute Gasteiger partial charge is 0.302 e. The molecule has 5 fully saturated rings. The number of hydrogen-bond donors (Lipinski definition) is 0. The first-order valence-electron chi connectivity index (χ1n) is 14.9. The zero-order chi connectivity index (χ0) is 26.1. The van der Waals surface area contributed by atoms with Crippen LogP contribution in [0.4, 0.5) is 0 Å². The Bertz CT molecular complexity index is 985. The van der Waals surface area contributed by atoms with Gasteiger partial charge in [-0.05, 0) is 78.4 Å². The third kappa shape index (κ3) is 2.93. The van der Waals surface area contributed by atoms with E-state index in [-0.39, 0.29) is 45.9 Å². The van der Waals surface area contributed by atoms with Crippen molar-refractivity contribution in [3.8, 4) is 0 Å². The Hall–Kier alpha value is -0.870. The molecule has 36 heavy (non-hydrogen) atoms. The third-order valence-electron chi connectivity index (χ3n) is 13.9. The second kappa shape index (κ2) is 7.62. The molecule has 1 aliphatic heterocycles. The molecule has 1 saturated heterocycles. The summed E-state index contributed by atoms with van der Waals surface area (Å²) >= 11 is 0. The van der Waals surface area contributed by atoms with Gasteiger partial charge in [0, 0.05) is 30.1 Å². The summed E-state index contributed by atoms with van der Waals surface area (Å²) in [6.45, 7) is 21.6. The molecule has 4 heteroatoms. The van der Waals surface area contributed by atoms with E-state index in [0.717, 1.165) is 18.8 Å². The lowest BCUT2D eigenvalue weighted by molar-refractivity contribution is -0.452. The molecule has 0 radical (unpaired) electrons. The van der Waals surface area contributed by atoms with E-state index in [9.17, 15) is 4.79 Å². The van der Waals surface area contributed by atoms with Crippen molar-refractivity contribution in [3.05, 3.63) is 11.6 Å². The molecule has 0 spiro atoms. The van der Waals surface area contributed by atoms with Gasteiger partial charge in [0.2, 0.25) is 0 Å². The van der Waals surface area contributed by atoms with E-state index in [1.165, 1.54) is 39.0 Å². The van der Waals surface area contributed by atoms with Gasteiger partial charge in [0.05, 0.1) is 0 Å². The van der Waals surface area contributed by atoms with Crippen LogP contribution in [0, 0.1) is 56.7 Å². The second-order valence-corrected chi connectivity index (χ2v) is 15.6. The van der Waals surface area contributed by atoms with Crippen LogP contribution in [-0.4, -0.2) is 24.3 Å². The largest absolute Gasteiger partial charge is 0.462 e. The molecule has 0 bridgehead atoms. The van der Waals surface area contributed by atoms with Gasteiger partial charge in [0.15, 0.2) is 0 Å². The molecule has 0 aromatic heterocycles. The number of ether oxygens (including phenoxy) is 1. The van der Waals surface area contributed by atoms with Gasteiger partial charge in [-0.2, -0.15) is 0 Å². The first-order chi connectivity index (χ1) is 16.7. The van der Waals surface area contributed by atoms with Crippen LogP contribution < -0.4 is 0 Å². The lowest BCUT2D eigenvalue weighted by Crippen LogP contribution is -2.73. The van der Waals surface area contributed by atoms with Gasteiger partial charge >= 0.3 is 5.97 Å². The summed E-state index contributed by atoms with van der Waals surface area (Å²) in [5, 5.41) is 0. The molecule has 0 amide bonds. The zero-order valence-electron chi connectivity index (χ0n) is 24.3. The first kappa shape index (κ1) is 25.4. The molecule has 4 nitrogen and oxygen atoms in total. The molecule has 0 N–H and O–H groups in total. The average Bonchev–Trinajstić information content (AvgIpc) is 2.78. The summed E-state index contributed by atoms with van der Waals surface area (Å²) in [5.41, 5.74) is 2.38. The van der Waals surface area contributed by atoms with Gasteiger partial charge < -0.3 is 4.74 Å². The van der Waals surface area contributed by atoms with Crippen LogP contribution in [0.5, 0.6) is 0 Å². The van der Waals surface area contributed by atoms with E-state index in [2.05, 4.69) is 61.5 Å². The van der Waals surface area contributed by atoms with Crippen molar-refractivity contribution in [2.75, 3.05) is 0 Å². The third-order valence-corrected chi connectivity index (χ3v) is 13.9. The lowest BCUT2D eigenvalue weighted by Gasteiger charge is -2.74. The molecule has 12 atom stereocenters. The van der Waals surface area contributed by atoms with Crippen LogP contribution in [0.25, 0.3) is 0 Å². The number of fused-ring (bicyclic) bond motifs is 4. The Morgan fingerprint density at radius 3 is 2.39 bits per heavy atom. The van der Waals surface area contributed by atoms with Gasteiger partial charge in [0.1, 0.15) is 18.3 Å². The standard InChI is InChI=1S/C32H50O4/c1-18-10-12-29(6)14-15-30(7)21(26(29)19(18)2)16-22-27-31(30,8)13-11-23-28(4,5)24(34-20(3)33)17-25(36-35-22)32(23,27)9/h16,18-19,22-27H,10-15,17H2,1-9H3/t18-,19+,22-,23+,24+,25-,26+,27+,29-,30-,31-,32-/m1/s1. The van der Waals surface area contributed by atoms with E-state index in [1.807, 2.05) is 0 Å². The highest BCUT2D eigenvalue weighted by Crippen LogP contribution is 2.77. The molecule has 0 aromatic rings. The van der Waals surface area contributed by atoms with Crippen molar-refractivity contribution < 1.29 is 19.3 Å². The van der Waals surface area contributed by atoms with Crippen LogP contribution in [0.2, 0.25) is 0 Å². The summed E-state index contributed by atoms with van der Waals surface area (Å²) < 4.78 is 5.92. The molecule has 5 aliphatic carbocycles. The van der Waals surface area contributed by atoms with E-state index in [0.29, 0.717) is 29.1 Å². The van der Waals surface area contributed by atoms with E-state index in [4.69, 9.17) is 14.5 Å². The van der Waals surface area contributed by atoms with E-state index < -0.39 is 0 Å². The molecular weight excluding hydrogens is 448 g/mol. The maximum Gasteiger partial charge on any atom is 0.302 e. The molecule has 6 rings (SSSR count). The Kier molecular flexibility index (Phi) is 5.38. The number of carbonyl (C=O) groups is 1. The highest BCUT2D eigenvalue weighted by Gasteiger charge is 2.74. The minimum Gasteiger partial charge on any atom is -0.462 e. The molecule has 202 valence electrons. The fourth-order valence-corrected chi connectivity index (χ4v) is 11.6. The van der Waals surface area contributed by atoms with Crippen LogP contribution in [-0.2, 0) is 19.3 Å². The van der Waals surface area contributed by atoms with Crippen molar-refractivity contribution in [1.82, 2.24) is 0 Å². The average molecular weight is 499 g/mol. The zero-order valence-corrected chi connectivity index (χ0v) is 24.3. The monoisotopic (exact) mass is 498 g/mol. The Morgan fingerprint density at radius 1 is 0.972 bits per heavy atom. The topological polar surface area (TPSA) is 44.8 Å². The number of esters is 1. The lowest BCUT2D eigenvalue weighted by atomic mass is 9.32. The van der Waals surface area contributed by atoms with Crippen molar-refractivity contribution in [2.24, 2.45) is 56.7 Å². The SMILES string of the molecule is CC(=O)O[C@H]1C[C@H]2OO[C@@H]3C=C4[C@@H]5[C@@H](C)[C@H](C)CC[C@]5(C)CC[C@@]4(C)[C@]4(C)CC[C@@H](C1(C)C)[C@@]2(C)[C@@H]34. The van der Waals surface area contributed by atoms with E-state index in [1.54, 1.807) is 5.57 Å².